The van der Waals surface area contributed by atoms with Gasteiger partial charge in [-0.1, -0.05) is 12.1 Å². The molecule has 1 aliphatic rings. The highest BCUT2D eigenvalue weighted by Crippen LogP contribution is 2.28. The Kier molecular flexibility index (Phi) is 5.40. The minimum absolute atomic E-state index is 0.0382. The van der Waals surface area contributed by atoms with Crippen molar-refractivity contribution in [2.24, 2.45) is 0 Å². The summed E-state index contributed by atoms with van der Waals surface area (Å²) in [6.07, 6.45) is 5.81. The molecule has 7 heteroatoms. The van der Waals surface area contributed by atoms with E-state index in [9.17, 15) is 4.79 Å². The summed E-state index contributed by atoms with van der Waals surface area (Å²) in [5, 5.41) is 11.3. The number of rotatable bonds is 4. The van der Waals surface area contributed by atoms with E-state index in [0.29, 0.717) is 6.54 Å². The van der Waals surface area contributed by atoms with Crippen molar-refractivity contribution in [1.82, 2.24) is 19.7 Å². The van der Waals surface area contributed by atoms with Gasteiger partial charge in [0, 0.05) is 30.4 Å². The van der Waals surface area contributed by atoms with E-state index in [0.717, 1.165) is 42.3 Å². The number of aryl methyl sites for hydroxylation is 1. The van der Waals surface area contributed by atoms with Crippen molar-refractivity contribution in [3.05, 3.63) is 36.4 Å². The van der Waals surface area contributed by atoms with E-state index in [4.69, 9.17) is 0 Å². The van der Waals surface area contributed by atoms with E-state index in [1.54, 1.807) is 18.1 Å². The minimum Gasteiger partial charge on any atom is -0.324 e. The third-order valence-electron chi connectivity index (χ3n) is 4.41. The molecule has 2 amide bonds. The molecule has 2 aromatic rings. The molecule has 1 unspecified atom stereocenters. The van der Waals surface area contributed by atoms with E-state index >= 15 is 0 Å². The Morgan fingerprint density at radius 2 is 2.25 bits per heavy atom. The second-order valence-corrected chi connectivity index (χ2v) is 6.74. The van der Waals surface area contributed by atoms with Crippen molar-refractivity contribution in [1.29, 1.82) is 0 Å². The van der Waals surface area contributed by atoms with Gasteiger partial charge >= 0.3 is 6.03 Å². The first-order chi connectivity index (χ1) is 11.7. The molecule has 2 heterocycles. The van der Waals surface area contributed by atoms with Crippen LogP contribution >= 0.6 is 11.8 Å². The minimum atomic E-state index is -0.0382. The molecule has 24 heavy (non-hydrogen) atoms. The van der Waals surface area contributed by atoms with Crippen LogP contribution in [0, 0.1) is 0 Å². The molecule has 0 saturated carbocycles. The smallest absolute Gasteiger partial charge is 0.321 e. The maximum absolute atomic E-state index is 12.7. The highest BCUT2D eigenvalue weighted by molar-refractivity contribution is 7.98. The van der Waals surface area contributed by atoms with Crippen molar-refractivity contribution in [2.45, 2.75) is 37.1 Å². The molecule has 1 aliphatic heterocycles. The van der Waals surface area contributed by atoms with Crippen molar-refractivity contribution in [3.8, 4) is 0 Å². The molecule has 1 aromatic heterocycles. The van der Waals surface area contributed by atoms with Gasteiger partial charge in [0.2, 0.25) is 0 Å². The largest absolute Gasteiger partial charge is 0.324 e. The molecule has 1 fully saturated rings. The zero-order valence-corrected chi connectivity index (χ0v) is 14.9. The van der Waals surface area contributed by atoms with Crippen LogP contribution < -0.4 is 5.32 Å². The van der Waals surface area contributed by atoms with Crippen LogP contribution in [-0.4, -0.2) is 45.0 Å². The van der Waals surface area contributed by atoms with Gasteiger partial charge in [-0.15, -0.1) is 22.0 Å². The number of aromatic nitrogens is 3. The third-order valence-corrected chi connectivity index (χ3v) is 5.20. The van der Waals surface area contributed by atoms with Gasteiger partial charge in [-0.2, -0.15) is 0 Å². The number of carbonyl (C=O) groups is 1. The van der Waals surface area contributed by atoms with Crippen molar-refractivity contribution in [3.63, 3.8) is 0 Å². The van der Waals surface area contributed by atoms with Gasteiger partial charge in [-0.05, 0) is 38.2 Å². The average molecular weight is 345 g/mol. The molecule has 1 N–H and O–H groups in total. The normalized spacial score (nSPS) is 17.8. The maximum atomic E-state index is 12.7. The molecule has 3 rings (SSSR count). The number of likely N-dealkylation sites (tertiary alicyclic amines) is 1. The molecular weight excluding hydrogens is 322 g/mol. The van der Waals surface area contributed by atoms with Gasteiger partial charge in [0.15, 0.2) is 0 Å². The molecule has 1 atom stereocenters. The molecule has 0 aliphatic carbocycles. The summed E-state index contributed by atoms with van der Waals surface area (Å²) < 4.78 is 2.06. The van der Waals surface area contributed by atoms with Crippen molar-refractivity contribution in [2.75, 3.05) is 24.7 Å². The number of nitrogens with one attached hydrogen (secondary N) is 1. The van der Waals surface area contributed by atoms with E-state index < -0.39 is 0 Å². The number of urea groups is 1. The van der Waals surface area contributed by atoms with Gasteiger partial charge in [0.25, 0.3) is 0 Å². The Bertz CT molecular complexity index is 702. The van der Waals surface area contributed by atoms with Crippen LogP contribution in [0.2, 0.25) is 0 Å². The van der Waals surface area contributed by atoms with Crippen LogP contribution in [0.5, 0.6) is 0 Å². The first-order valence-electron chi connectivity index (χ1n) is 8.29. The fraction of sp³-hybridized carbons (Fsp3) is 0.471. The van der Waals surface area contributed by atoms with Gasteiger partial charge < -0.3 is 14.8 Å². The predicted molar refractivity (Wildman–Crippen MR) is 96.5 cm³/mol. The summed E-state index contributed by atoms with van der Waals surface area (Å²) >= 11 is 1.63. The molecule has 6 nitrogen and oxygen atoms in total. The predicted octanol–water partition coefficient (Wildman–Crippen LogP) is 3.43. The molecule has 1 saturated heterocycles. The SMILES string of the molecule is CCn1cnnc1C1CCCN(C(=O)Nc2ccccc2SC)C1. The van der Waals surface area contributed by atoms with E-state index in [1.165, 1.54) is 0 Å². The molecule has 0 spiro atoms. The molecule has 0 radical (unpaired) electrons. The van der Waals surface area contributed by atoms with Crippen LogP contribution in [0.4, 0.5) is 10.5 Å². The third kappa shape index (κ3) is 3.56. The number of nitrogens with zero attached hydrogens (tertiary/aromatic N) is 4. The van der Waals surface area contributed by atoms with Gasteiger partial charge in [-0.3, -0.25) is 0 Å². The van der Waals surface area contributed by atoms with Crippen molar-refractivity contribution < 1.29 is 4.79 Å². The number of hydrogen-bond acceptors (Lipinski definition) is 4. The number of piperidine rings is 1. The quantitative estimate of drug-likeness (QED) is 0.862. The highest BCUT2D eigenvalue weighted by atomic mass is 32.2. The number of amides is 2. The molecular formula is C17H23N5OS. The summed E-state index contributed by atoms with van der Waals surface area (Å²) in [5.74, 6) is 1.24. The summed E-state index contributed by atoms with van der Waals surface area (Å²) in [6, 6.07) is 7.85. The monoisotopic (exact) mass is 345 g/mol. The Hall–Kier alpha value is -2.02. The summed E-state index contributed by atoms with van der Waals surface area (Å²) in [4.78, 5) is 15.6. The number of hydrogen-bond donors (Lipinski definition) is 1. The summed E-state index contributed by atoms with van der Waals surface area (Å²) in [5.41, 5.74) is 0.869. The lowest BCUT2D eigenvalue weighted by atomic mass is 9.97. The van der Waals surface area contributed by atoms with Crippen LogP contribution in [0.25, 0.3) is 0 Å². The van der Waals surface area contributed by atoms with E-state index in [1.807, 2.05) is 35.4 Å². The second-order valence-electron chi connectivity index (χ2n) is 5.89. The fourth-order valence-electron chi connectivity index (χ4n) is 3.14. The Balaban J connectivity index is 1.69. The Morgan fingerprint density at radius 3 is 3.04 bits per heavy atom. The van der Waals surface area contributed by atoms with Crippen molar-refractivity contribution >= 4 is 23.5 Å². The van der Waals surface area contributed by atoms with E-state index in [-0.39, 0.29) is 11.9 Å². The topological polar surface area (TPSA) is 63.1 Å². The zero-order chi connectivity index (χ0) is 16.9. The fourth-order valence-corrected chi connectivity index (χ4v) is 3.69. The number of carbonyl (C=O) groups excluding carboxylic acids is 1. The van der Waals surface area contributed by atoms with Gasteiger partial charge in [0.05, 0.1) is 5.69 Å². The Labute approximate surface area is 146 Å². The summed E-state index contributed by atoms with van der Waals surface area (Å²) in [6.45, 7) is 4.40. The van der Waals surface area contributed by atoms with Gasteiger partial charge in [-0.25, -0.2) is 4.79 Å². The molecule has 128 valence electrons. The van der Waals surface area contributed by atoms with Gasteiger partial charge in [0.1, 0.15) is 12.2 Å². The van der Waals surface area contributed by atoms with Crippen LogP contribution in [0.15, 0.2) is 35.5 Å². The zero-order valence-electron chi connectivity index (χ0n) is 14.1. The van der Waals surface area contributed by atoms with Crippen LogP contribution in [0.1, 0.15) is 31.5 Å². The number of thioether (sulfide) groups is 1. The number of anilines is 1. The molecule has 0 bridgehead atoms. The lowest BCUT2D eigenvalue weighted by Gasteiger charge is -2.32. The first-order valence-corrected chi connectivity index (χ1v) is 9.52. The summed E-state index contributed by atoms with van der Waals surface area (Å²) in [7, 11) is 0. The average Bonchev–Trinajstić information content (AvgIpc) is 3.11. The second kappa shape index (κ2) is 7.70. The first kappa shape index (κ1) is 16.8. The number of benzene rings is 1. The number of para-hydroxylation sites is 1. The Morgan fingerprint density at radius 1 is 1.42 bits per heavy atom. The van der Waals surface area contributed by atoms with E-state index in [2.05, 4.69) is 27.0 Å². The molecule has 1 aromatic carbocycles. The lowest BCUT2D eigenvalue weighted by molar-refractivity contribution is 0.190. The standard InChI is InChI=1S/C17H23N5OS/c1-3-21-12-18-20-16(21)13-7-6-10-22(11-13)17(23)19-14-8-4-5-9-15(14)24-2/h4-5,8-9,12-13H,3,6-7,10-11H2,1-2H3,(H,19,23). The van der Waals surface area contributed by atoms with Crippen LogP contribution in [-0.2, 0) is 6.54 Å². The lowest BCUT2D eigenvalue weighted by Crippen LogP contribution is -2.42. The highest BCUT2D eigenvalue weighted by Gasteiger charge is 2.28. The maximum Gasteiger partial charge on any atom is 0.321 e. The van der Waals surface area contributed by atoms with Crippen LogP contribution in [0.3, 0.4) is 0 Å².